The van der Waals surface area contributed by atoms with Crippen molar-refractivity contribution >= 4 is 10.9 Å². The predicted molar refractivity (Wildman–Crippen MR) is 82.0 cm³/mol. The molecule has 3 aromatic rings. The molecule has 0 aliphatic carbocycles. The second kappa shape index (κ2) is 5.33. The van der Waals surface area contributed by atoms with Gasteiger partial charge in [-0.05, 0) is 42.7 Å². The fraction of sp³-hybridized carbons (Fsp3) is 0.167. The summed E-state index contributed by atoms with van der Waals surface area (Å²) < 4.78 is 5.83. The summed E-state index contributed by atoms with van der Waals surface area (Å²) in [4.78, 5) is 4.40. The Morgan fingerprint density at radius 2 is 1.80 bits per heavy atom. The van der Waals surface area contributed by atoms with E-state index in [2.05, 4.69) is 37.0 Å². The maximum atomic E-state index is 5.83. The van der Waals surface area contributed by atoms with Crippen molar-refractivity contribution < 1.29 is 4.74 Å². The fourth-order valence-corrected chi connectivity index (χ4v) is 2.19. The predicted octanol–water partition coefficient (Wildman–Crippen LogP) is 4.43. The molecular formula is C18H17NO. The number of benzene rings is 2. The van der Waals surface area contributed by atoms with E-state index in [4.69, 9.17) is 4.74 Å². The maximum absolute atomic E-state index is 5.83. The van der Waals surface area contributed by atoms with Crippen LogP contribution < -0.4 is 4.74 Å². The number of fused-ring (bicyclic) bond motifs is 1. The monoisotopic (exact) mass is 263 g/mol. The highest BCUT2D eigenvalue weighted by molar-refractivity contribution is 5.79. The Morgan fingerprint density at radius 3 is 2.65 bits per heavy atom. The highest BCUT2D eigenvalue weighted by atomic mass is 16.5. The van der Waals surface area contributed by atoms with Crippen LogP contribution >= 0.6 is 0 Å². The molecule has 0 radical (unpaired) electrons. The van der Waals surface area contributed by atoms with E-state index in [1.807, 2.05) is 30.3 Å². The van der Waals surface area contributed by atoms with Crippen LogP contribution in [0.3, 0.4) is 0 Å². The topological polar surface area (TPSA) is 22.1 Å². The number of hydrogen-bond acceptors (Lipinski definition) is 2. The van der Waals surface area contributed by atoms with Gasteiger partial charge in [-0.25, -0.2) is 0 Å². The van der Waals surface area contributed by atoms with Gasteiger partial charge in [0.2, 0.25) is 0 Å². The maximum Gasteiger partial charge on any atom is 0.138 e. The van der Waals surface area contributed by atoms with E-state index in [0.29, 0.717) is 6.61 Å². The quantitative estimate of drug-likeness (QED) is 0.697. The van der Waals surface area contributed by atoms with Gasteiger partial charge in [0.1, 0.15) is 12.4 Å². The molecule has 2 heteroatoms. The number of para-hydroxylation sites is 1. The van der Waals surface area contributed by atoms with Gasteiger partial charge in [-0.2, -0.15) is 0 Å². The average molecular weight is 263 g/mol. The first-order valence-electron chi connectivity index (χ1n) is 6.76. The Morgan fingerprint density at radius 1 is 0.950 bits per heavy atom. The SMILES string of the molecule is Cc1ccc(COc2cnc3ccccc3c2)cc1C. The number of aryl methyl sites for hydroxylation is 2. The Bertz CT molecular complexity index is 749. The number of hydrogen-bond donors (Lipinski definition) is 0. The molecule has 1 heterocycles. The Balaban J connectivity index is 1.77. The summed E-state index contributed by atoms with van der Waals surface area (Å²) in [6.45, 7) is 4.81. The Hall–Kier alpha value is -2.35. The molecule has 0 N–H and O–H groups in total. The molecule has 0 amide bonds. The van der Waals surface area contributed by atoms with E-state index in [9.17, 15) is 0 Å². The van der Waals surface area contributed by atoms with Crippen LogP contribution in [-0.2, 0) is 6.61 Å². The van der Waals surface area contributed by atoms with Gasteiger partial charge in [0, 0.05) is 5.39 Å². The number of aromatic nitrogens is 1. The van der Waals surface area contributed by atoms with Crippen LogP contribution in [0.1, 0.15) is 16.7 Å². The molecule has 2 nitrogen and oxygen atoms in total. The first kappa shape index (κ1) is 12.7. The van der Waals surface area contributed by atoms with Crippen LogP contribution in [0.25, 0.3) is 10.9 Å². The number of pyridine rings is 1. The number of rotatable bonds is 3. The van der Waals surface area contributed by atoms with Crippen molar-refractivity contribution in [3.05, 3.63) is 71.4 Å². The lowest BCUT2D eigenvalue weighted by Crippen LogP contribution is -1.97. The van der Waals surface area contributed by atoms with E-state index in [1.54, 1.807) is 6.20 Å². The van der Waals surface area contributed by atoms with Gasteiger partial charge in [-0.3, -0.25) is 4.98 Å². The van der Waals surface area contributed by atoms with Gasteiger partial charge >= 0.3 is 0 Å². The first-order valence-corrected chi connectivity index (χ1v) is 6.76. The molecule has 3 rings (SSSR count). The molecule has 0 saturated carbocycles. The van der Waals surface area contributed by atoms with Crippen molar-refractivity contribution in [2.75, 3.05) is 0 Å². The van der Waals surface area contributed by atoms with Gasteiger partial charge < -0.3 is 4.74 Å². The molecule has 0 fully saturated rings. The zero-order valence-electron chi connectivity index (χ0n) is 11.8. The summed E-state index contributed by atoms with van der Waals surface area (Å²) in [6, 6.07) is 16.5. The standard InChI is InChI=1S/C18H17NO/c1-13-7-8-15(9-14(13)2)12-20-17-10-16-5-3-4-6-18(16)19-11-17/h3-11H,12H2,1-2H3. The largest absolute Gasteiger partial charge is 0.487 e. The smallest absolute Gasteiger partial charge is 0.138 e. The van der Waals surface area contributed by atoms with E-state index >= 15 is 0 Å². The van der Waals surface area contributed by atoms with Crippen LogP contribution in [0, 0.1) is 13.8 Å². The van der Waals surface area contributed by atoms with Crippen LogP contribution in [-0.4, -0.2) is 4.98 Å². The summed E-state index contributed by atoms with van der Waals surface area (Å²) in [7, 11) is 0. The second-order valence-electron chi connectivity index (χ2n) is 5.07. The molecule has 0 aliphatic rings. The Labute approximate surface area is 119 Å². The summed E-state index contributed by atoms with van der Waals surface area (Å²) in [5.41, 5.74) is 4.77. The molecule has 0 saturated heterocycles. The summed E-state index contributed by atoms with van der Waals surface area (Å²) >= 11 is 0. The highest BCUT2D eigenvalue weighted by Crippen LogP contribution is 2.19. The minimum absolute atomic E-state index is 0.571. The van der Waals surface area contributed by atoms with Gasteiger partial charge in [-0.1, -0.05) is 36.4 Å². The Kier molecular flexibility index (Phi) is 3.38. The molecule has 1 aromatic heterocycles. The van der Waals surface area contributed by atoms with Gasteiger partial charge in [0.25, 0.3) is 0 Å². The van der Waals surface area contributed by atoms with Crippen LogP contribution in [0.4, 0.5) is 0 Å². The van der Waals surface area contributed by atoms with Crippen LogP contribution in [0.5, 0.6) is 5.75 Å². The number of nitrogens with zero attached hydrogens (tertiary/aromatic N) is 1. The zero-order valence-corrected chi connectivity index (χ0v) is 11.8. The molecule has 0 aliphatic heterocycles. The van der Waals surface area contributed by atoms with Crippen molar-refractivity contribution in [1.29, 1.82) is 0 Å². The molecule has 0 unspecified atom stereocenters. The minimum Gasteiger partial charge on any atom is -0.487 e. The molecular weight excluding hydrogens is 246 g/mol. The molecule has 100 valence electrons. The normalized spacial score (nSPS) is 10.7. The molecule has 0 spiro atoms. The van der Waals surface area contributed by atoms with Gasteiger partial charge in [0.05, 0.1) is 11.7 Å². The van der Waals surface area contributed by atoms with Gasteiger partial charge in [-0.15, -0.1) is 0 Å². The summed E-state index contributed by atoms with van der Waals surface area (Å²) in [5, 5.41) is 1.10. The van der Waals surface area contributed by atoms with Crippen LogP contribution in [0.15, 0.2) is 54.7 Å². The van der Waals surface area contributed by atoms with Crippen molar-refractivity contribution in [1.82, 2.24) is 4.98 Å². The molecule has 0 atom stereocenters. The lowest BCUT2D eigenvalue weighted by molar-refractivity contribution is 0.305. The van der Waals surface area contributed by atoms with Crippen LogP contribution in [0.2, 0.25) is 0 Å². The average Bonchev–Trinajstić information content (AvgIpc) is 2.48. The van der Waals surface area contributed by atoms with Gasteiger partial charge in [0.15, 0.2) is 0 Å². The molecule has 20 heavy (non-hydrogen) atoms. The lowest BCUT2D eigenvalue weighted by Gasteiger charge is -2.08. The third-order valence-corrected chi connectivity index (χ3v) is 3.54. The third kappa shape index (κ3) is 2.64. The van der Waals surface area contributed by atoms with E-state index in [-0.39, 0.29) is 0 Å². The minimum atomic E-state index is 0.571. The van der Waals surface area contributed by atoms with Crippen molar-refractivity contribution in [3.63, 3.8) is 0 Å². The van der Waals surface area contributed by atoms with E-state index in [0.717, 1.165) is 16.7 Å². The number of ether oxygens (including phenoxy) is 1. The van der Waals surface area contributed by atoms with E-state index in [1.165, 1.54) is 16.7 Å². The lowest BCUT2D eigenvalue weighted by atomic mass is 10.1. The zero-order chi connectivity index (χ0) is 13.9. The summed E-state index contributed by atoms with van der Waals surface area (Å²) in [6.07, 6.45) is 1.78. The summed E-state index contributed by atoms with van der Waals surface area (Å²) in [5.74, 6) is 0.807. The highest BCUT2D eigenvalue weighted by Gasteiger charge is 2.00. The fourth-order valence-electron chi connectivity index (χ4n) is 2.19. The van der Waals surface area contributed by atoms with E-state index < -0.39 is 0 Å². The van der Waals surface area contributed by atoms with Crippen molar-refractivity contribution in [2.45, 2.75) is 20.5 Å². The molecule has 0 bridgehead atoms. The third-order valence-electron chi connectivity index (χ3n) is 3.54. The second-order valence-corrected chi connectivity index (χ2v) is 5.07. The first-order chi connectivity index (χ1) is 9.72. The van der Waals surface area contributed by atoms with Crippen molar-refractivity contribution in [3.8, 4) is 5.75 Å². The van der Waals surface area contributed by atoms with Crippen molar-refractivity contribution in [2.24, 2.45) is 0 Å². The molecule has 2 aromatic carbocycles.